The van der Waals surface area contributed by atoms with Crippen LogP contribution in [0.2, 0.25) is 5.15 Å². The summed E-state index contributed by atoms with van der Waals surface area (Å²) in [7, 11) is 0. The minimum absolute atomic E-state index is 0.0441. The standard InChI is InChI=1S/C12H13ClN2O/c1-9-6-8-15-12(13)11(9)5-3-4-7-14-10(2)16/h6,8H,4,7H2,1-2H3,(H,14,16). The number of hydrogen-bond acceptors (Lipinski definition) is 2. The number of nitrogens with one attached hydrogen (secondary N) is 1. The van der Waals surface area contributed by atoms with Gasteiger partial charge in [-0.2, -0.15) is 0 Å². The van der Waals surface area contributed by atoms with Crippen LogP contribution in [-0.4, -0.2) is 17.4 Å². The van der Waals surface area contributed by atoms with Crippen LogP contribution in [0.4, 0.5) is 0 Å². The highest BCUT2D eigenvalue weighted by Crippen LogP contribution is 2.14. The Morgan fingerprint density at radius 1 is 1.62 bits per heavy atom. The molecule has 0 aliphatic rings. The molecule has 0 atom stereocenters. The molecule has 4 heteroatoms. The van der Waals surface area contributed by atoms with Crippen molar-refractivity contribution in [2.45, 2.75) is 20.3 Å². The van der Waals surface area contributed by atoms with Crippen molar-refractivity contribution in [1.82, 2.24) is 10.3 Å². The molecule has 0 fully saturated rings. The highest BCUT2D eigenvalue weighted by Gasteiger charge is 2.00. The molecule has 1 rings (SSSR count). The fourth-order valence-electron chi connectivity index (χ4n) is 1.13. The number of hydrogen-bond donors (Lipinski definition) is 1. The van der Waals surface area contributed by atoms with Crippen molar-refractivity contribution >= 4 is 17.5 Å². The third kappa shape index (κ3) is 3.92. The van der Waals surface area contributed by atoms with Crippen LogP contribution in [0.1, 0.15) is 24.5 Å². The Kier molecular flexibility index (Phi) is 4.81. The van der Waals surface area contributed by atoms with Crippen molar-refractivity contribution in [3.05, 3.63) is 28.5 Å². The number of carbonyl (C=O) groups is 1. The molecule has 0 aromatic carbocycles. The predicted molar refractivity (Wildman–Crippen MR) is 64.2 cm³/mol. The number of halogens is 1. The van der Waals surface area contributed by atoms with Crippen LogP contribution in [0.3, 0.4) is 0 Å². The molecule has 0 saturated carbocycles. The second-order valence-electron chi connectivity index (χ2n) is 3.33. The zero-order valence-corrected chi connectivity index (χ0v) is 10.1. The first-order valence-electron chi connectivity index (χ1n) is 4.95. The van der Waals surface area contributed by atoms with Gasteiger partial charge in [-0.1, -0.05) is 23.4 Å². The van der Waals surface area contributed by atoms with E-state index in [9.17, 15) is 4.79 Å². The zero-order valence-electron chi connectivity index (χ0n) is 9.30. The Bertz CT molecular complexity index is 426. The molecule has 0 aliphatic carbocycles. The van der Waals surface area contributed by atoms with Gasteiger partial charge in [-0.15, -0.1) is 0 Å². The van der Waals surface area contributed by atoms with Gasteiger partial charge in [0.1, 0.15) is 5.15 Å². The number of rotatable bonds is 2. The molecule has 1 aromatic heterocycles. The normalized spacial score (nSPS) is 9.19. The van der Waals surface area contributed by atoms with E-state index in [1.165, 1.54) is 6.92 Å². The summed E-state index contributed by atoms with van der Waals surface area (Å²) in [6, 6.07) is 1.86. The van der Waals surface area contributed by atoms with Crippen molar-refractivity contribution in [2.24, 2.45) is 0 Å². The molecular formula is C12H13ClN2O. The lowest BCUT2D eigenvalue weighted by Crippen LogP contribution is -2.20. The molecule has 16 heavy (non-hydrogen) atoms. The Morgan fingerprint density at radius 3 is 3.00 bits per heavy atom. The fraction of sp³-hybridized carbons (Fsp3) is 0.333. The molecule has 0 bridgehead atoms. The Morgan fingerprint density at radius 2 is 2.38 bits per heavy atom. The lowest BCUT2D eigenvalue weighted by Gasteiger charge is -1.98. The van der Waals surface area contributed by atoms with E-state index in [2.05, 4.69) is 22.1 Å². The van der Waals surface area contributed by atoms with E-state index in [1.807, 2.05) is 13.0 Å². The maximum atomic E-state index is 10.6. The number of pyridine rings is 1. The van der Waals surface area contributed by atoms with E-state index in [0.29, 0.717) is 18.1 Å². The van der Waals surface area contributed by atoms with Gasteiger partial charge < -0.3 is 5.32 Å². The average molecular weight is 237 g/mol. The van der Waals surface area contributed by atoms with Crippen LogP contribution in [-0.2, 0) is 4.79 Å². The minimum atomic E-state index is -0.0441. The average Bonchev–Trinajstić information content (AvgIpc) is 2.21. The number of aryl methyl sites for hydroxylation is 1. The molecule has 1 aromatic rings. The molecule has 0 saturated heterocycles. The third-order valence-electron chi connectivity index (χ3n) is 1.95. The molecule has 1 heterocycles. The first-order chi connectivity index (χ1) is 7.61. The van der Waals surface area contributed by atoms with Crippen molar-refractivity contribution in [1.29, 1.82) is 0 Å². The van der Waals surface area contributed by atoms with Gasteiger partial charge in [0.15, 0.2) is 0 Å². The van der Waals surface area contributed by atoms with Gasteiger partial charge >= 0.3 is 0 Å². The molecule has 0 aliphatic heterocycles. The van der Waals surface area contributed by atoms with E-state index in [0.717, 1.165) is 11.1 Å². The molecule has 0 radical (unpaired) electrons. The fourth-order valence-corrected chi connectivity index (χ4v) is 1.38. The number of aromatic nitrogens is 1. The topological polar surface area (TPSA) is 42.0 Å². The molecule has 0 unspecified atom stereocenters. The monoisotopic (exact) mass is 236 g/mol. The van der Waals surface area contributed by atoms with E-state index >= 15 is 0 Å². The summed E-state index contributed by atoms with van der Waals surface area (Å²) >= 11 is 5.91. The Balaban J connectivity index is 2.60. The maximum absolute atomic E-state index is 10.6. The predicted octanol–water partition coefficient (Wildman–Crippen LogP) is 1.92. The van der Waals surface area contributed by atoms with E-state index in [-0.39, 0.29) is 5.91 Å². The summed E-state index contributed by atoms with van der Waals surface area (Å²) in [5, 5.41) is 3.09. The summed E-state index contributed by atoms with van der Waals surface area (Å²) in [4.78, 5) is 14.6. The van der Waals surface area contributed by atoms with Gasteiger partial charge in [0.05, 0.1) is 5.56 Å². The van der Waals surface area contributed by atoms with Gasteiger partial charge in [0, 0.05) is 26.1 Å². The number of nitrogens with zero attached hydrogens (tertiary/aromatic N) is 1. The first-order valence-corrected chi connectivity index (χ1v) is 5.33. The molecular weight excluding hydrogens is 224 g/mol. The van der Waals surface area contributed by atoms with Gasteiger partial charge in [0.25, 0.3) is 0 Å². The van der Waals surface area contributed by atoms with Crippen LogP contribution in [0.25, 0.3) is 0 Å². The molecule has 1 amide bonds. The highest BCUT2D eigenvalue weighted by atomic mass is 35.5. The summed E-state index contributed by atoms with van der Waals surface area (Å²) in [5.41, 5.74) is 1.76. The van der Waals surface area contributed by atoms with E-state index in [1.54, 1.807) is 6.20 Å². The van der Waals surface area contributed by atoms with Crippen molar-refractivity contribution in [3.8, 4) is 11.8 Å². The van der Waals surface area contributed by atoms with Gasteiger partial charge in [-0.25, -0.2) is 4.98 Å². The molecule has 84 valence electrons. The lowest BCUT2D eigenvalue weighted by atomic mass is 10.1. The smallest absolute Gasteiger partial charge is 0.216 e. The Hall–Kier alpha value is -1.53. The maximum Gasteiger partial charge on any atom is 0.216 e. The Labute approximate surface area is 100 Å². The summed E-state index contributed by atoms with van der Waals surface area (Å²) in [6.07, 6.45) is 2.25. The molecule has 0 spiro atoms. The van der Waals surface area contributed by atoms with Crippen molar-refractivity contribution in [2.75, 3.05) is 6.54 Å². The van der Waals surface area contributed by atoms with Crippen LogP contribution >= 0.6 is 11.6 Å². The SMILES string of the molecule is CC(=O)NCCC#Cc1c(C)ccnc1Cl. The summed E-state index contributed by atoms with van der Waals surface area (Å²) in [6.45, 7) is 3.97. The van der Waals surface area contributed by atoms with Crippen LogP contribution < -0.4 is 5.32 Å². The number of amides is 1. The van der Waals surface area contributed by atoms with Crippen molar-refractivity contribution < 1.29 is 4.79 Å². The second-order valence-corrected chi connectivity index (χ2v) is 3.69. The van der Waals surface area contributed by atoms with Gasteiger partial charge in [-0.3, -0.25) is 4.79 Å². The summed E-state index contributed by atoms with van der Waals surface area (Å²) < 4.78 is 0. The number of carbonyl (C=O) groups excluding carboxylic acids is 1. The van der Waals surface area contributed by atoms with E-state index < -0.39 is 0 Å². The quantitative estimate of drug-likeness (QED) is 0.484. The second kappa shape index (κ2) is 6.14. The third-order valence-corrected chi connectivity index (χ3v) is 2.24. The van der Waals surface area contributed by atoms with Crippen LogP contribution in [0.5, 0.6) is 0 Å². The van der Waals surface area contributed by atoms with Crippen LogP contribution in [0, 0.1) is 18.8 Å². The highest BCUT2D eigenvalue weighted by molar-refractivity contribution is 6.30. The molecule has 3 nitrogen and oxygen atoms in total. The summed E-state index contributed by atoms with van der Waals surface area (Å²) in [5.74, 6) is 5.86. The van der Waals surface area contributed by atoms with Crippen LogP contribution in [0.15, 0.2) is 12.3 Å². The van der Waals surface area contributed by atoms with Crippen molar-refractivity contribution in [3.63, 3.8) is 0 Å². The van der Waals surface area contributed by atoms with E-state index in [4.69, 9.17) is 11.6 Å². The molecule has 1 N–H and O–H groups in total. The van der Waals surface area contributed by atoms with Gasteiger partial charge in [-0.05, 0) is 18.6 Å². The zero-order chi connectivity index (χ0) is 12.0. The first kappa shape index (κ1) is 12.5. The lowest BCUT2D eigenvalue weighted by molar-refractivity contribution is -0.118. The largest absolute Gasteiger partial charge is 0.355 e. The minimum Gasteiger partial charge on any atom is -0.355 e. The van der Waals surface area contributed by atoms with Gasteiger partial charge in [0.2, 0.25) is 5.91 Å².